The van der Waals surface area contributed by atoms with Gasteiger partial charge in [-0.3, -0.25) is 0 Å². The summed E-state index contributed by atoms with van der Waals surface area (Å²) in [6.07, 6.45) is 0. The van der Waals surface area contributed by atoms with E-state index in [-0.39, 0.29) is 0 Å². The molecule has 0 saturated heterocycles. The minimum Gasteiger partial charge on any atom is -0.445 e. The summed E-state index contributed by atoms with van der Waals surface area (Å²) in [6, 6.07) is 0. The van der Waals surface area contributed by atoms with Crippen molar-refractivity contribution >= 4 is 68.4 Å². The molecule has 0 saturated carbocycles. The maximum atomic E-state index is 5.63. The number of aromatic nitrogens is 16. The summed E-state index contributed by atoms with van der Waals surface area (Å²) in [7, 11) is 2.03. The van der Waals surface area contributed by atoms with Gasteiger partial charge in [-0.25, -0.2) is 34.9 Å². The van der Waals surface area contributed by atoms with E-state index in [1.54, 1.807) is 0 Å². The molecule has 0 aromatic carbocycles. The van der Waals surface area contributed by atoms with Crippen LogP contribution in [0.25, 0.3) is 0 Å². The van der Waals surface area contributed by atoms with Crippen molar-refractivity contribution < 1.29 is 13.5 Å². The fourth-order valence-corrected chi connectivity index (χ4v) is 16.2. The van der Waals surface area contributed by atoms with E-state index in [0.29, 0.717) is 118 Å². The van der Waals surface area contributed by atoms with Crippen LogP contribution in [0.5, 0.6) is 0 Å². The molecule has 0 unspecified atom stereocenters. The number of hydrogen-bond acceptors (Lipinski definition) is 24. The lowest BCUT2D eigenvalue weighted by Gasteiger charge is -2.07. The molecule has 0 fully saturated rings. The van der Waals surface area contributed by atoms with Crippen molar-refractivity contribution in [3.63, 3.8) is 0 Å². The highest BCUT2D eigenvalue weighted by molar-refractivity contribution is 7.12. The van der Waals surface area contributed by atoms with Gasteiger partial charge in [-0.2, -0.15) is 18.7 Å². The summed E-state index contributed by atoms with van der Waals surface area (Å²) in [5, 5.41) is 23.4. The lowest BCUT2D eigenvalue weighted by Crippen LogP contribution is -2.04. The van der Waals surface area contributed by atoms with Crippen LogP contribution in [0.15, 0.2) is 13.5 Å². The molecule has 116 heavy (non-hydrogen) atoms. The van der Waals surface area contributed by atoms with Crippen LogP contribution >= 0.6 is 68.4 Å². The van der Waals surface area contributed by atoms with E-state index in [1.165, 1.54) is 85.4 Å². The summed E-state index contributed by atoms with van der Waals surface area (Å²) in [4.78, 5) is 45.7. The first kappa shape index (κ1) is 108. The molecule has 0 spiro atoms. The molecule has 0 N–H and O–H groups in total. The highest BCUT2D eigenvalue weighted by Crippen LogP contribution is 2.34. The van der Waals surface area contributed by atoms with E-state index in [1.807, 2.05) is 87.0 Å². The molecule has 0 atom stereocenters. The minimum atomic E-state index is 0.329. The van der Waals surface area contributed by atoms with Gasteiger partial charge < -0.3 is 18.0 Å². The summed E-state index contributed by atoms with van der Waals surface area (Å²) in [6.45, 7) is 96.2. The number of oxazole rings is 1. The molecule has 0 aliphatic rings. The Balaban J connectivity index is 0.000000645. The maximum absolute atomic E-state index is 5.63. The first-order chi connectivity index (χ1) is 53.6. The number of hydrogen-bond donors (Lipinski definition) is 0. The summed E-state index contributed by atoms with van der Waals surface area (Å²) < 4.78 is 26.3. The zero-order valence-electron chi connectivity index (χ0n) is 80.9. The Hall–Kier alpha value is -5.73. The zero-order chi connectivity index (χ0) is 89.5. The van der Waals surface area contributed by atoms with Gasteiger partial charge in [0.2, 0.25) is 11.8 Å². The molecule has 0 aliphatic heterocycles. The Bertz CT molecular complexity index is 3610. The van der Waals surface area contributed by atoms with Crippen LogP contribution in [-0.4, -0.2) is 78.7 Å². The van der Waals surface area contributed by atoms with Gasteiger partial charge in [0, 0.05) is 121 Å². The fraction of sp³-hybridized carbons (Fsp3) is 0.725. The monoisotopic (exact) mass is 1720 g/mol. The molecule has 10 aromatic heterocycles. The summed E-state index contributed by atoms with van der Waals surface area (Å²) in [5.41, 5.74) is 6.04. The van der Waals surface area contributed by atoms with E-state index >= 15 is 0 Å². The summed E-state index contributed by atoms with van der Waals surface area (Å²) in [5.74, 6) is 18.7. The minimum absolute atomic E-state index is 0.329. The van der Waals surface area contributed by atoms with Crippen molar-refractivity contribution in [1.82, 2.24) is 78.7 Å². The second-order valence-corrected chi connectivity index (χ2v) is 42.2. The van der Waals surface area contributed by atoms with Crippen molar-refractivity contribution in [2.45, 2.75) is 430 Å². The Labute approximate surface area is 728 Å². The van der Waals surface area contributed by atoms with Crippen molar-refractivity contribution in [3.8, 4) is 0 Å². The van der Waals surface area contributed by atoms with E-state index < -0.39 is 0 Å². The quantitative estimate of drug-likeness (QED) is 0.0689. The van der Waals surface area contributed by atoms with Gasteiger partial charge >= 0.3 is 0 Å². The number of nitrogens with zero attached hydrogens (tertiary/aromatic N) is 16. The van der Waals surface area contributed by atoms with Crippen LogP contribution in [0.1, 0.15) is 532 Å². The smallest absolute Gasteiger partial charge is 0.229 e. The fourth-order valence-electron chi connectivity index (χ4n) is 10.3. The molecule has 10 aromatic rings. The Kier molecular flexibility index (Phi) is 49.0. The molecule has 656 valence electrons. The third kappa shape index (κ3) is 37.1. The molecule has 0 bridgehead atoms. The van der Waals surface area contributed by atoms with Gasteiger partial charge in [0.1, 0.15) is 39.1 Å². The van der Waals surface area contributed by atoms with Crippen LogP contribution in [0.4, 0.5) is 0 Å². The van der Waals surface area contributed by atoms with E-state index in [4.69, 9.17) is 13.5 Å². The van der Waals surface area contributed by atoms with Crippen LogP contribution in [-0.2, 0) is 7.05 Å². The normalized spacial score (nSPS) is 11.5. The molecular weight excluding hydrogens is 1560 g/mol. The first-order valence-corrected chi connectivity index (χ1v) is 47.5. The lowest BCUT2D eigenvalue weighted by atomic mass is 10.1. The average molecular weight is 1720 g/mol. The SMILES string of the molecule is CC(C)c1nnc(C(C)C)n1C.CC(C)c1noc(C(C)C)n1.CC(C)c1noc(C(C)C)n1.CC(C)c1nsc(C(C)C)n1.CC(C)c1nsc(C(C)C)n1.Cc1nc(C(C)C)oc1C(C)C.Cc1nc(C(C)C)sc1C(C)C.Cc1nc(C(C)C)sc1C(C)C.Cc1sc(C(C)C)nc1C(C)C.Cc1sc(C(C)C)nc1C(C)C. The largest absolute Gasteiger partial charge is 0.445 e. The molecule has 25 heteroatoms. The molecular formula is C91H158N16O3S6. The summed E-state index contributed by atoms with van der Waals surface area (Å²) >= 11 is 10.5. The Morgan fingerprint density at radius 1 is 0.250 bits per heavy atom. The van der Waals surface area contributed by atoms with E-state index in [9.17, 15) is 0 Å². The third-order valence-corrected chi connectivity index (χ3v) is 25.4. The van der Waals surface area contributed by atoms with E-state index in [0.717, 1.165) is 74.1 Å². The van der Waals surface area contributed by atoms with Crippen molar-refractivity contribution in [3.05, 3.63) is 136 Å². The van der Waals surface area contributed by atoms with E-state index in [2.05, 4.69) is 356 Å². The van der Waals surface area contributed by atoms with Crippen LogP contribution < -0.4 is 0 Å². The van der Waals surface area contributed by atoms with Crippen LogP contribution in [0.3, 0.4) is 0 Å². The number of rotatable bonds is 20. The highest BCUT2D eigenvalue weighted by atomic mass is 32.1. The highest BCUT2D eigenvalue weighted by Gasteiger charge is 2.21. The van der Waals surface area contributed by atoms with Gasteiger partial charge in [-0.1, -0.05) is 287 Å². The Morgan fingerprint density at radius 2 is 0.543 bits per heavy atom. The second-order valence-electron chi connectivity index (χ2n) is 36.0. The van der Waals surface area contributed by atoms with Gasteiger partial charge in [0.25, 0.3) is 0 Å². The second kappa shape index (κ2) is 52.5. The van der Waals surface area contributed by atoms with Crippen molar-refractivity contribution in [1.29, 1.82) is 0 Å². The van der Waals surface area contributed by atoms with Gasteiger partial charge in [-0.05, 0) is 81.4 Å². The third-order valence-electron chi connectivity index (χ3n) is 17.2. The van der Waals surface area contributed by atoms with Gasteiger partial charge in [-0.15, -0.1) is 55.5 Å². The Morgan fingerprint density at radius 3 is 0.690 bits per heavy atom. The topological polar surface area (TPSA) is 238 Å². The number of aryl methyl sites for hydroxylation is 5. The zero-order valence-corrected chi connectivity index (χ0v) is 85.8. The van der Waals surface area contributed by atoms with Crippen LogP contribution in [0, 0.1) is 34.6 Å². The lowest BCUT2D eigenvalue weighted by molar-refractivity contribution is 0.359. The maximum Gasteiger partial charge on any atom is 0.229 e. The van der Waals surface area contributed by atoms with Gasteiger partial charge in [0.15, 0.2) is 17.5 Å². The molecule has 10 heterocycles. The molecule has 19 nitrogen and oxygen atoms in total. The van der Waals surface area contributed by atoms with Crippen molar-refractivity contribution in [2.75, 3.05) is 0 Å². The average Bonchev–Trinajstić information content (AvgIpc) is 1.72. The van der Waals surface area contributed by atoms with Crippen molar-refractivity contribution in [2.24, 2.45) is 7.05 Å². The molecule has 10 rings (SSSR count). The molecule has 0 radical (unpaired) electrons. The molecule has 0 amide bonds. The predicted molar refractivity (Wildman–Crippen MR) is 500 cm³/mol. The number of thiazole rings is 4. The predicted octanol–water partition coefficient (Wildman–Crippen LogP) is 30.3. The first-order valence-electron chi connectivity index (χ1n) is 42.7. The standard InChI is InChI=1S/C10H17NO.4C10H17NS.C9H17N3.2C8H14N2O.2C8H14N2S/c1-6(2)9-8(5)11-10(12-9)7(3)4;2*1-6(2)9-8(5)12-10(11-9)7(3)4;2*1-6(2)9-8(5)11-10(12-9)7(3)4;1-6(2)8-10-11-9(7(3)4)12(8)5;4*1-5(2)7-9-8(6(3)4)11-10-7/h6*6-7H,1-5H3;4*5-6H,1-4H3. The molecule has 0 aliphatic carbocycles. The van der Waals surface area contributed by atoms with Crippen LogP contribution in [0.2, 0.25) is 0 Å². The van der Waals surface area contributed by atoms with Gasteiger partial charge in [0.05, 0.1) is 48.5 Å².